The first-order chi connectivity index (χ1) is 6.74. The number of carbonyl (C=O) groups is 1. The highest BCUT2D eigenvalue weighted by molar-refractivity contribution is 5.79. The van der Waals surface area contributed by atoms with Crippen LogP contribution in [-0.2, 0) is 4.79 Å². The van der Waals surface area contributed by atoms with Crippen LogP contribution in [0.3, 0.4) is 0 Å². The van der Waals surface area contributed by atoms with Gasteiger partial charge in [-0.1, -0.05) is 6.92 Å². The molecule has 1 unspecified atom stereocenters. The summed E-state index contributed by atoms with van der Waals surface area (Å²) >= 11 is 0. The largest absolute Gasteiger partial charge is 0.394 e. The average Bonchev–Trinajstić information content (AvgIpc) is 2.94. The van der Waals surface area contributed by atoms with Gasteiger partial charge in [-0.3, -0.25) is 4.79 Å². The third-order valence-electron chi connectivity index (χ3n) is 3.59. The molecule has 1 N–H and O–H groups in total. The predicted octanol–water partition coefficient (Wildman–Crippen LogP) is 1.02. The lowest BCUT2D eigenvalue weighted by molar-refractivity contribution is -0.137. The maximum atomic E-state index is 12.0. The Bertz CT molecular complexity index is 225. The van der Waals surface area contributed by atoms with E-state index in [0.717, 1.165) is 19.4 Å². The van der Waals surface area contributed by atoms with Crippen LogP contribution in [0.2, 0.25) is 0 Å². The zero-order chi connectivity index (χ0) is 10.1. The fourth-order valence-corrected chi connectivity index (χ4v) is 2.38. The zero-order valence-corrected chi connectivity index (χ0v) is 8.78. The topological polar surface area (TPSA) is 40.5 Å². The number of hydrogen-bond donors (Lipinski definition) is 1. The first-order valence-corrected chi connectivity index (χ1v) is 5.65. The molecule has 1 aliphatic heterocycles. The predicted molar refractivity (Wildman–Crippen MR) is 53.7 cm³/mol. The van der Waals surface area contributed by atoms with Gasteiger partial charge < -0.3 is 10.0 Å². The molecule has 2 aliphatic rings. The first-order valence-electron chi connectivity index (χ1n) is 5.65. The van der Waals surface area contributed by atoms with Gasteiger partial charge in [-0.15, -0.1) is 0 Å². The molecule has 3 heteroatoms. The van der Waals surface area contributed by atoms with Crippen LogP contribution in [0.4, 0.5) is 0 Å². The van der Waals surface area contributed by atoms with Crippen molar-refractivity contribution in [1.82, 2.24) is 4.90 Å². The minimum absolute atomic E-state index is 0.101. The third-order valence-corrected chi connectivity index (χ3v) is 3.59. The molecule has 2 atom stereocenters. The minimum atomic E-state index is 0.101. The van der Waals surface area contributed by atoms with E-state index in [9.17, 15) is 4.79 Å². The van der Waals surface area contributed by atoms with Gasteiger partial charge in [0.05, 0.1) is 12.6 Å². The summed E-state index contributed by atoms with van der Waals surface area (Å²) in [5.41, 5.74) is 0. The van der Waals surface area contributed by atoms with Crippen molar-refractivity contribution in [2.24, 2.45) is 11.8 Å². The van der Waals surface area contributed by atoms with E-state index in [1.807, 2.05) is 11.8 Å². The second-order valence-electron chi connectivity index (χ2n) is 4.64. The van der Waals surface area contributed by atoms with E-state index in [2.05, 4.69) is 0 Å². The molecule has 1 amide bonds. The van der Waals surface area contributed by atoms with Crippen LogP contribution in [0.15, 0.2) is 0 Å². The van der Waals surface area contributed by atoms with E-state index >= 15 is 0 Å². The first kappa shape index (κ1) is 9.97. The molecule has 2 rings (SSSR count). The van der Waals surface area contributed by atoms with E-state index in [1.54, 1.807) is 0 Å². The van der Waals surface area contributed by atoms with Gasteiger partial charge >= 0.3 is 0 Å². The molecule has 0 aromatic carbocycles. The fraction of sp³-hybridized carbons (Fsp3) is 0.909. The summed E-state index contributed by atoms with van der Waals surface area (Å²) in [6.07, 6.45) is 4.45. The third kappa shape index (κ3) is 1.78. The van der Waals surface area contributed by atoms with Crippen molar-refractivity contribution in [3.8, 4) is 0 Å². The molecule has 0 radical (unpaired) electrons. The summed E-state index contributed by atoms with van der Waals surface area (Å²) in [6, 6.07) is 0.101. The Labute approximate surface area is 85.1 Å². The maximum absolute atomic E-state index is 12.0. The zero-order valence-electron chi connectivity index (χ0n) is 8.78. The van der Waals surface area contributed by atoms with Gasteiger partial charge in [-0.05, 0) is 31.6 Å². The van der Waals surface area contributed by atoms with Gasteiger partial charge in [0, 0.05) is 12.5 Å². The van der Waals surface area contributed by atoms with Crippen molar-refractivity contribution >= 4 is 5.91 Å². The summed E-state index contributed by atoms with van der Waals surface area (Å²) in [6.45, 7) is 3.01. The molecule has 1 saturated carbocycles. The van der Waals surface area contributed by atoms with Crippen LogP contribution in [0.25, 0.3) is 0 Å². The maximum Gasteiger partial charge on any atom is 0.226 e. The Kier molecular flexibility index (Phi) is 2.77. The van der Waals surface area contributed by atoms with E-state index in [1.165, 1.54) is 12.8 Å². The van der Waals surface area contributed by atoms with Gasteiger partial charge in [0.25, 0.3) is 0 Å². The second kappa shape index (κ2) is 3.89. The monoisotopic (exact) mass is 197 g/mol. The smallest absolute Gasteiger partial charge is 0.226 e. The van der Waals surface area contributed by atoms with Gasteiger partial charge in [-0.2, -0.15) is 0 Å². The van der Waals surface area contributed by atoms with Crippen molar-refractivity contribution in [3.63, 3.8) is 0 Å². The molecule has 0 bridgehead atoms. The molecule has 3 nitrogen and oxygen atoms in total. The molecule has 0 aromatic heterocycles. The van der Waals surface area contributed by atoms with Crippen LogP contribution < -0.4 is 0 Å². The highest BCUT2D eigenvalue weighted by atomic mass is 16.3. The van der Waals surface area contributed by atoms with Gasteiger partial charge in [-0.25, -0.2) is 0 Å². The van der Waals surface area contributed by atoms with E-state index in [-0.39, 0.29) is 24.5 Å². The van der Waals surface area contributed by atoms with Crippen molar-refractivity contribution in [2.75, 3.05) is 13.2 Å². The number of amides is 1. The number of carbonyl (C=O) groups excluding carboxylic acids is 1. The number of rotatable bonds is 3. The van der Waals surface area contributed by atoms with E-state index in [0.29, 0.717) is 5.92 Å². The molecular formula is C11H19NO2. The number of likely N-dealkylation sites (tertiary alicyclic amines) is 1. The van der Waals surface area contributed by atoms with E-state index < -0.39 is 0 Å². The van der Waals surface area contributed by atoms with Gasteiger partial charge in [0.2, 0.25) is 5.91 Å². The van der Waals surface area contributed by atoms with Crippen molar-refractivity contribution < 1.29 is 9.90 Å². The summed E-state index contributed by atoms with van der Waals surface area (Å²) < 4.78 is 0. The molecule has 1 aliphatic carbocycles. The van der Waals surface area contributed by atoms with Gasteiger partial charge in [0.1, 0.15) is 0 Å². The normalized spacial score (nSPS) is 29.3. The lowest BCUT2D eigenvalue weighted by Crippen LogP contribution is -2.41. The highest BCUT2D eigenvalue weighted by Gasteiger charge is 2.38. The summed E-state index contributed by atoms with van der Waals surface area (Å²) in [4.78, 5) is 13.9. The summed E-state index contributed by atoms with van der Waals surface area (Å²) in [5, 5.41) is 9.13. The second-order valence-corrected chi connectivity index (χ2v) is 4.64. The Morgan fingerprint density at radius 2 is 2.21 bits per heavy atom. The molecule has 2 fully saturated rings. The van der Waals surface area contributed by atoms with Crippen molar-refractivity contribution in [3.05, 3.63) is 0 Å². The van der Waals surface area contributed by atoms with Crippen LogP contribution in [0.5, 0.6) is 0 Å². The summed E-state index contributed by atoms with van der Waals surface area (Å²) in [5.74, 6) is 1.08. The van der Waals surface area contributed by atoms with E-state index in [4.69, 9.17) is 5.11 Å². The Balaban J connectivity index is 1.95. The molecule has 14 heavy (non-hydrogen) atoms. The Morgan fingerprint density at radius 1 is 1.50 bits per heavy atom. The van der Waals surface area contributed by atoms with Crippen LogP contribution >= 0.6 is 0 Å². The standard InChI is InChI=1S/C11H19NO2/c1-8(9-4-5-9)11(14)12-6-2-3-10(12)7-13/h8-10,13H,2-7H2,1H3/t8?,10-/m1/s1. The Hall–Kier alpha value is -0.570. The van der Waals surface area contributed by atoms with Crippen LogP contribution in [-0.4, -0.2) is 35.1 Å². The lowest BCUT2D eigenvalue weighted by Gasteiger charge is -2.26. The molecular weight excluding hydrogens is 178 g/mol. The Morgan fingerprint density at radius 3 is 2.79 bits per heavy atom. The quantitative estimate of drug-likeness (QED) is 0.733. The van der Waals surface area contributed by atoms with Crippen molar-refractivity contribution in [2.45, 2.75) is 38.6 Å². The number of aliphatic hydroxyl groups is 1. The SMILES string of the molecule is CC(C(=O)N1CCC[C@@H]1CO)C1CC1. The highest BCUT2D eigenvalue weighted by Crippen LogP contribution is 2.38. The molecule has 0 spiro atoms. The number of hydrogen-bond acceptors (Lipinski definition) is 2. The molecule has 1 saturated heterocycles. The van der Waals surface area contributed by atoms with Crippen molar-refractivity contribution in [1.29, 1.82) is 0 Å². The minimum Gasteiger partial charge on any atom is -0.394 e. The molecule has 1 heterocycles. The average molecular weight is 197 g/mol. The summed E-state index contributed by atoms with van der Waals surface area (Å²) in [7, 11) is 0. The number of nitrogens with zero attached hydrogens (tertiary/aromatic N) is 1. The molecule has 0 aromatic rings. The number of aliphatic hydroxyl groups excluding tert-OH is 1. The molecule has 80 valence electrons. The lowest BCUT2D eigenvalue weighted by atomic mass is 10.0. The van der Waals surface area contributed by atoms with Crippen LogP contribution in [0, 0.1) is 11.8 Å². The van der Waals surface area contributed by atoms with Gasteiger partial charge in [0.15, 0.2) is 0 Å². The fourth-order valence-electron chi connectivity index (χ4n) is 2.38. The van der Waals surface area contributed by atoms with Crippen LogP contribution in [0.1, 0.15) is 32.6 Å².